The Hall–Kier alpha value is -2.11. The maximum atomic E-state index is 8.47. The quantitative estimate of drug-likeness (QED) is 0.315. The highest BCUT2D eigenvalue weighted by Gasteiger charge is 2.25. The predicted octanol–water partition coefficient (Wildman–Crippen LogP) is 0.321. The van der Waals surface area contributed by atoms with Crippen molar-refractivity contribution in [2.45, 2.75) is 12.5 Å². The van der Waals surface area contributed by atoms with Gasteiger partial charge in [0.15, 0.2) is 11.9 Å². The molecule has 1 unspecified atom stereocenters. The Morgan fingerprint density at radius 1 is 1.67 bits per heavy atom. The molecular weight excluding hydrogens is 196 g/mol. The average molecular weight is 206 g/mol. The van der Waals surface area contributed by atoms with Gasteiger partial charge in [0.1, 0.15) is 0 Å². The number of pyridine rings is 1. The highest BCUT2D eigenvalue weighted by Crippen LogP contribution is 2.15. The summed E-state index contributed by atoms with van der Waals surface area (Å²) in [7, 11) is 0. The second-order valence-electron chi connectivity index (χ2n) is 3.10. The van der Waals surface area contributed by atoms with E-state index in [1.165, 1.54) is 0 Å². The van der Waals surface area contributed by atoms with Gasteiger partial charge in [-0.2, -0.15) is 0 Å². The van der Waals surface area contributed by atoms with Crippen molar-refractivity contribution < 1.29 is 10.0 Å². The fourth-order valence-electron chi connectivity index (χ4n) is 1.30. The number of nitrogens with zero attached hydrogens (tertiary/aromatic N) is 3. The Bertz CT molecular complexity index is 402. The van der Waals surface area contributed by atoms with Crippen LogP contribution < -0.4 is 5.73 Å². The van der Waals surface area contributed by atoms with Gasteiger partial charge in [-0.25, -0.2) is 0 Å². The summed E-state index contributed by atoms with van der Waals surface area (Å²) in [5.41, 5.74) is 7.03. The van der Waals surface area contributed by atoms with E-state index >= 15 is 0 Å². The van der Waals surface area contributed by atoms with E-state index < -0.39 is 6.10 Å². The number of hydrogen-bond donors (Lipinski definition) is 2. The Labute approximate surface area is 86.1 Å². The van der Waals surface area contributed by atoms with Crippen LogP contribution in [0.5, 0.6) is 0 Å². The van der Waals surface area contributed by atoms with Crippen LogP contribution in [-0.2, 0) is 4.84 Å². The largest absolute Gasteiger partial charge is 0.409 e. The summed E-state index contributed by atoms with van der Waals surface area (Å²) < 4.78 is 0. The van der Waals surface area contributed by atoms with Crippen molar-refractivity contribution in [3.63, 3.8) is 0 Å². The van der Waals surface area contributed by atoms with Crippen LogP contribution in [0, 0.1) is 0 Å². The molecule has 0 amide bonds. The molecule has 78 valence electrons. The van der Waals surface area contributed by atoms with E-state index in [0.29, 0.717) is 6.42 Å². The molecular formula is C9H10N4O2. The van der Waals surface area contributed by atoms with E-state index in [-0.39, 0.29) is 5.84 Å². The zero-order valence-electron chi connectivity index (χ0n) is 7.87. The predicted molar refractivity (Wildman–Crippen MR) is 53.7 cm³/mol. The van der Waals surface area contributed by atoms with E-state index in [2.05, 4.69) is 15.3 Å². The smallest absolute Gasteiger partial charge is 0.193 e. The zero-order valence-corrected chi connectivity index (χ0v) is 7.87. The molecule has 1 aromatic rings. The van der Waals surface area contributed by atoms with Crippen LogP contribution in [-0.4, -0.2) is 27.8 Å². The third-order valence-corrected chi connectivity index (χ3v) is 2.11. The van der Waals surface area contributed by atoms with Gasteiger partial charge in [0.05, 0.1) is 5.71 Å². The van der Waals surface area contributed by atoms with Gasteiger partial charge in [0, 0.05) is 24.4 Å². The summed E-state index contributed by atoms with van der Waals surface area (Å²) in [6.45, 7) is 0. The SMILES string of the molecule is NC(=NO)C1CC(c2cccnc2)=NO1. The Balaban J connectivity index is 2.11. The highest BCUT2D eigenvalue weighted by atomic mass is 16.6. The number of hydrogen-bond acceptors (Lipinski definition) is 5. The molecule has 0 aliphatic carbocycles. The minimum atomic E-state index is -0.481. The van der Waals surface area contributed by atoms with Crippen LogP contribution in [0.15, 0.2) is 34.8 Å². The molecule has 0 saturated heterocycles. The number of aromatic nitrogens is 1. The molecule has 0 spiro atoms. The normalized spacial score (nSPS) is 20.9. The van der Waals surface area contributed by atoms with Gasteiger partial charge >= 0.3 is 0 Å². The van der Waals surface area contributed by atoms with Crippen LogP contribution in [0.4, 0.5) is 0 Å². The molecule has 0 bridgehead atoms. The highest BCUT2D eigenvalue weighted by molar-refractivity contribution is 6.04. The van der Waals surface area contributed by atoms with Crippen molar-refractivity contribution in [3.05, 3.63) is 30.1 Å². The molecule has 3 N–H and O–H groups in total. The lowest BCUT2D eigenvalue weighted by Crippen LogP contribution is -2.29. The molecule has 0 fully saturated rings. The molecule has 6 nitrogen and oxygen atoms in total. The molecule has 2 heterocycles. The number of nitrogens with two attached hydrogens (primary N) is 1. The molecule has 0 saturated carbocycles. The van der Waals surface area contributed by atoms with E-state index in [0.717, 1.165) is 11.3 Å². The maximum absolute atomic E-state index is 8.47. The van der Waals surface area contributed by atoms with Crippen LogP contribution in [0.25, 0.3) is 0 Å². The minimum absolute atomic E-state index is 0.0256. The average Bonchev–Trinajstić information content (AvgIpc) is 2.78. The van der Waals surface area contributed by atoms with Crippen molar-refractivity contribution in [2.24, 2.45) is 16.0 Å². The molecule has 1 aliphatic heterocycles. The number of amidine groups is 1. The lowest BCUT2D eigenvalue weighted by molar-refractivity contribution is 0.128. The van der Waals surface area contributed by atoms with E-state index in [4.69, 9.17) is 15.8 Å². The lowest BCUT2D eigenvalue weighted by atomic mass is 10.1. The van der Waals surface area contributed by atoms with Gasteiger partial charge in [-0.05, 0) is 12.1 Å². The monoisotopic (exact) mass is 206 g/mol. The van der Waals surface area contributed by atoms with E-state index in [1.54, 1.807) is 12.4 Å². The summed E-state index contributed by atoms with van der Waals surface area (Å²) in [5, 5.41) is 15.2. The Morgan fingerprint density at radius 3 is 3.20 bits per heavy atom. The zero-order chi connectivity index (χ0) is 10.7. The third-order valence-electron chi connectivity index (χ3n) is 2.11. The van der Waals surface area contributed by atoms with Crippen LogP contribution in [0.3, 0.4) is 0 Å². The second kappa shape index (κ2) is 3.95. The Morgan fingerprint density at radius 2 is 2.53 bits per heavy atom. The molecule has 0 radical (unpaired) electrons. The Kier molecular flexibility index (Phi) is 2.49. The number of rotatable bonds is 2. The van der Waals surface area contributed by atoms with Gasteiger partial charge in [-0.3, -0.25) is 4.98 Å². The molecule has 1 aliphatic rings. The van der Waals surface area contributed by atoms with Crippen LogP contribution in [0.1, 0.15) is 12.0 Å². The van der Waals surface area contributed by atoms with Gasteiger partial charge in [0.2, 0.25) is 0 Å². The van der Waals surface area contributed by atoms with E-state index in [1.807, 2.05) is 12.1 Å². The van der Waals surface area contributed by atoms with E-state index in [9.17, 15) is 0 Å². The first-order valence-electron chi connectivity index (χ1n) is 4.42. The van der Waals surface area contributed by atoms with Crippen molar-refractivity contribution in [3.8, 4) is 0 Å². The van der Waals surface area contributed by atoms with Crippen molar-refractivity contribution >= 4 is 11.5 Å². The molecule has 6 heteroatoms. The molecule has 1 aromatic heterocycles. The molecule has 15 heavy (non-hydrogen) atoms. The maximum Gasteiger partial charge on any atom is 0.193 e. The second-order valence-corrected chi connectivity index (χ2v) is 3.10. The van der Waals surface area contributed by atoms with Crippen LogP contribution >= 0.6 is 0 Å². The van der Waals surface area contributed by atoms with Gasteiger partial charge in [-0.15, -0.1) is 0 Å². The fourth-order valence-corrected chi connectivity index (χ4v) is 1.30. The third kappa shape index (κ3) is 1.88. The van der Waals surface area contributed by atoms with Crippen molar-refractivity contribution in [1.29, 1.82) is 0 Å². The first kappa shape index (κ1) is 9.45. The molecule has 2 rings (SSSR count). The van der Waals surface area contributed by atoms with Gasteiger partial charge < -0.3 is 15.8 Å². The first-order valence-corrected chi connectivity index (χ1v) is 4.42. The summed E-state index contributed by atoms with van der Waals surface area (Å²) in [5.74, 6) is 0.0256. The van der Waals surface area contributed by atoms with Crippen molar-refractivity contribution in [1.82, 2.24) is 4.98 Å². The topological polar surface area (TPSA) is 93.1 Å². The molecule has 0 aromatic carbocycles. The first-order chi connectivity index (χ1) is 7.31. The molecule has 1 atom stereocenters. The summed E-state index contributed by atoms with van der Waals surface area (Å²) in [6.07, 6.45) is 3.38. The fraction of sp³-hybridized carbons (Fsp3) is 0.222. The lowest BCUT2D eigenvalue weighted by Gasteiger charge is -2.03. The van der Waals surface area contributed by atoms with Crippen molar-refractivity contribution in [2.75, 3.05) is 0 Å². The summed E-state index contributed by atoms with van der Waals surface area (Å²) >= 11 is 0. The summed E-state index contributed by atoms with van der Waals surface area (Å²) in [4.78, 5) is 8.99. The van der Waals surface area contributed by atoms with Gasteiger partial charge in [-0.1, -0.05) is 10.3 Å². The number of oxime groups is 2. The standard InChI is InChI=1S/C9H10N4O2/c10-9(12-14)8-4-7(13-15-8)6-2-1-3-11-5-6/h1-3,5,8,14H,4H2,(H2,10,12). The van der Waals surface area contributed by atoms with Gasteiger partial charge in [0.25, 0.3) is 0 Å². The minimum Gasteiger partial charge on any atom is -0.409 e. The van der Waals surface area contributed by atoms with Crippen LogP contribution in [0.2, 0.25) is 0 Å². The summed E-state index contributed by atoms with van der Waals surface area (Å²) in [6, 6.07) is 3.69.